The van der Waals surface area contributed by atoms with Crippen molar-refractivity contribution in [3.05, 3.63) is 59.7 Å². The summed E-state index contributed by atoms with van der Waals surface area (Å²) in [4.78, 5) is 0. The Bertz CT molecular complexity index is 498. The zero-order chi connectivity index (χ0) is 13.1. The van der Waals surface area contributed by atoms with Gasteiger partial charge in [-0.3, -0.25) is 0 Å². The van der Waals surface area contributed by atoms with Crippen LogP contribution in [0.4, 0.5) is 0 Å². The van der Waals surface area contributed by atoms with E-state index >= 15 is 0 Å². The molecule has 2 nitrogen and oxygen atoms in total. The highest BCUT2D eigenvalue weighted by Crippen LogP contribution is 2.02. The molecule has 0 heterocycles. The quantitative estimate of drug-likeness (QED) is 0.766. The lowest BCUT2D eigenvalue weighted by molar-refractivity contribution is 0.342. The lowest BCUT2D eigenvalue weighted by Crippen LogP contribution is -1.78. The highest BCUT2D eigenvalue weighted by molar-refractivity contribution is 5.45. The van der Waals surface area contributed by atoms with Crippen molar-refractivity contribution in [3.63, 3.8) is 0 Å². The van der Waals surface area contributed by atoms with Crippen molar-refractivity contribution in [2.45, 2.75) is 0 Å². The van der Waals surface area contributed by atoms with Crippen molar-refractivity contribution in [3.8, 4) is 23.7 Å². The third-order valence-electron chi connectivity index (χ3n) is 1.91. The molecule has 0 saturated carbocycles. The molecule has 0 aromatic heterocycles. The van der Waals surface area contributed by atoms with Gasteiger partial charge in [-0.2, -0.15) is 0 Å². The second kappa shape index (κ2) is 8.84. The zero-order valence-corrected chi connectivity index (χ0v) is 9.93. The number of benzene rings is 1. The van der Waals surface area contributed by atoms with Gasteiger partial charge in [-0.05, 0) is 30.4 Å². The molecular weight excluding hydrogens is 224 g/mol. The molecule has 0 aliphatic rings. The molecule has 0 unspecified atom stereocenters. The molecule has 0 spiro atoms. The number of hydrogen-bond acceptors (Lipinski definition) is 2. The Morgan fingerprint density at radius 3 is 1.83 bits per heavy atom. The van der Waals surface area contributed by atoms with Gasteiger partial charge < -0.3 is 10.2 Å². The molecule has 0 aliphatic carbocycles. The number of rotatable bonds is 2. The van der Waals surface area contributed by atoms with Crippen LogP contribution in [0.1, 0.15) is 11.1 Å². The average Bonchev–Trinajstić information content (AvgIpc) is 2.40. The number of aliphatic hydroxyl groups excluding tert-OH is 2. The first kappa shape index (κ1) is 13.8. The Morgan fingerprint density at radius 1 is 0.889 bits per heavy atom. The summed E-state index contributed by atoms with van der Waals surface area (Å²) in [5, 5.41) is 17.1. The Balaban J connectivity index is 2.77. The highest BCUT2D eigenvalue weighted by atomic mass is 16.3. The molecule has 0 atom stereocenters. The van der Waals surface area contributed by atoms with Crippen molar-refractivity contribution in [2.75, 3.05) is 13.2 Å². The van der Waals surface area contributed by atoms with Crippen molar-refractivity contribution in [1.82, 2.24) is 0 Å². The van der Waals surface area contributed by atoms with Gasteiger partial charge in [0.15, 0.2) is 0 Å². The standard InChI is InChI=1S/C16H14O2/c17-12-5-1-3-8-15-10-7-11-16(14-15)9-4-2-6-13-18/h1-2,5-7,10-11,14,17-18H,12-13H2/b5-1+,6-2+. The van der Waals surface area contributed by atoms with E-state index in [1.807, 2.05) is 24.3 Å². The molecule has 0 saturated heterocycles. The second-order valence-corrected chi connectivity index (χ2v) is 3.29. The van der Waals surface area contributed by atoms with E-state index in [0.717, 1.165) is 11.1 Å². The molecule has 2 heteroatoms. The van der Waals surface area contributed by atoms with Crippen LogP contribution in [0.5, 0.6) is 0 Å². The largest absolute Gasteiger partial charge is 0.392 e. The van der Waals surface area contributed by atoms with E-state index in [2.05, 4.69) is 23.7 Å². The van der Waals surface area contributed by atoms with Crippen molar-refractivity contribution >= 4 is 0 Å². The lowest BCUT2D eigenvalue weighted by Gasteiger charge is -1.91. The summed E-state index contributed by atoms with van der Waals surface area (Å²) in [6.07, 6.45) is 6.39. The Morgan fingerprint density at radius 2 is 1.39 bits per heavy atom. The van der Waals surface area contributed by atoms with E-state index in [1.54, 1.807) is 24.3 Å². The molecule has 0 amide bonds. The Kier molecular flexibility index (Phi) is 6.78. The summed E-state index contributed by atoms with van der Waals surface area (Å²) in [5.74, 6) is 11.5. The summed E-state index contributed by atoms with van der Waals surface area (Å²) in [6.45, 7) is -0.00518. The summed E-state index contributed by atoms with van der Waals surface area (Å²) >= 11 is 0. The van der Waals surface area contributed by atoms with E-state index in [4.69, 9.17) is 10.2 Å². The van der Waals surface area contributed by atoms with Gasteiger partial charge in [-0.15, -0.1) is 0 Å². The van der Waals surface area contributed by atoms with E-state index in [1.165, 1.54) is 0 Å². The van der Waals surface area contributed by atoms with Gasteiger partial charge in [0.05, 0.1) is 13.2 Å². The summed E-state index contributed by atoms with van der Waals surface area (Å²) in [5.41, 5.74) is 1.74. The average molecular weight is 238 g/mol. The smallest absolute Gasteiger partial charge is 0.0621 e. The van der Waals surface area contributed by atoms with Crippen LogP contribution < -0.4 is 0 Å². The van der Waals surface area contributed by atoms with Crippen molar-refractivity contribution in [2.24, 2.45) is 0 Å². The van der Waals surface area contributed by atoms with Crippen LogP contribution in [-0.2, 0) is 0 Å². The summed E-state index contributed by atoms with van der Waals surface area (Å²) in [7, 11) is 0. The van der Waals surface area contributed by atoms with Gasteiger partial charge in [0.1, 0.15) is 0 Å². The van der Waals surface area contributed by atoms with Crippen molar-refractivity contribution < 1.29 is 10.2 Å². The molecule has 0 radical (unpaired) electrons. The first-order chi connectivity index (χ1) is 8.86. The fourth-order valence-electron chi connectivity index (χ4n) is 1.15. The summed E-state index contributed by atoms with van der Waals surface area (Å²) < 4.78 is 0. The second-order valence-electron chi connectivity index (χ2n) is 3.29. The molecule has 0 fully saturated rings. The highest BCUT2D eigenvalue weighted by Gasteiger charge is 1.88. The molecule has 18 heavy (non-hydrogen) atoms. The lowest BCUT2D eigenvalue weighted by atomic mass is 10.1. The van der Waals surface area contributed by atoms with Crippen LogP contribution in [0.2, 0.25) is 0 Å². The number of allylic oxidation sites excluding steroid dienone is 2. The maximum atomic E-state index is 8.55. The van der Waals surface area contributed by atoms with Gasteiger partial charge in [0, 0.05) is 11.1 Å². The fraction of sp³-hybridized carbons (Fsp3) is 0.125. The minimum Gasteiger partial charge on any atom is -0.392 e. The van der Waals surface area contributed by atoms with Crippen LogP contribution in [0.15, 0.2) is 48.6 Å². The Labute approximate surface area is 107 Å². The maximum absolute atomic E-state index is 8.55. The first-order valence-electron chi connectivity index (χ1n) is 5.51. The zero-order valence-electron chi connectivity index (χ0n) is 9.93. The molecule has 2 N–H and O–H groups in total. The molecule has 1 rings (SSSR count). The van der Waals surface area contributed by atoms with Crippen LogP contribution in [0, 0.1) is 23.7 Å². The van der Waals surface area contributed by atoms with Crippen molar-refractivity contribution in [1.29, 1.82) is 0 Å². The molecule has 0 bridgehead atoms. The van der Waals surface area contributed by atoms with Crippen LogP contribution in [-0.4, -0.2) is 23.4 Å². The van der Waals surface area contributed by atoms with E-state index < -0.39 is 0 Å². The van der Waals surface area contributed by atoms with Crippen LogP contribution in [0.25, 0.3) is 0 Å². The van der Waals surface area contributed by atoms with E-state index in [9.17, 15) is 0 Å². The van der Waals surface area contributed by atoms with Gasteiger partial charge in [0.2, 0.25) is 0 Å². The normalized spacial score (nSPS) is 9.89. The first-order valence-corrected chi connectivity index (χ1v) is 5.51. The predicted molar refractivity (Wildman–Crippen MR) is 72.6 cm³/mol. The minimum absolute atomic E-state index is 0.00259. The van der Waals surface area contributed by atoms with E-state index in [0.29, 0.717) is 0 Å². The molecule has 0 aliphatic heterocycles. The van der Waals surface area contributed by atoms with Gasteiger partial charge in [-0.25, -0.2) is 0 Å². The topological polar surface area (TPSA) is 40.5 Å². The third-order valence-corrected chi connectivity index (χ3v) is 1.91. The van der Waals surface area contributed by atoms with E-state index in [-0.39, 0.29) is 13.2 Å². The minimum atomic E-state index is -0.00259. The monoisotopic (exact) mass is 238 g/mol. The predicted octanol–water partition coefficient (Wildman–Crippen LogP) is 1.49. The van der Waals surface area contributed by atoms with Crippen LogP contribution >= 0.6 is 0 Å². The fourth-order valence-corrected chi connectivity index (χ4v) is 1.15. The third kappa shape index (κ3) is 5.72. The molecular formula is C16H14O2. The van der Waals surface area contributed by atoms with Gasteiger partial charge in [-0.1, -0.05) is 41.9 Å². The van der Waals surface area contributed by atoms with Gasteiger partial charge >= 0.3 is 0 Å². The molecule has 1 aromatic carbocycles. The van der Waals surface area contributed by atoms with Gasteiger partial charge in [0.25, 0.3) is 0 Å². The Hall–Kier alpha value is -2.26. The molecule has 1 aromatic rings. The maximum Gasteiger partial charge on any atom is 0.0621 e. The van der Waals surface area contributed by atoms with Crippen LogP contribution in [0.3, 0.4) is 0 Å². The number of hydrogen-bond donors (Lipinski definition) is 2. The molecule has 90 valence electrons. The number of aliphatic hydroxyl groups is 2. The SMILES string of the molecule is OC/C=C/C#Cc1cccc(C#C/C=C/CO)c1. The summed E-state index contributed by atoms with van der Waals surface area (Å²) in [6, 6.07) is 7.57.